The van der Waals surface area contributed by atoms with Crippen LogP contribution in [0.4, 0.5) is 0 Å². The zero-order valence-electron chi connectivity index (χ0n) is 35.0. The summed E-state index contributed by atoms with van der Waals surface area (Å²) in [6, 6.07) is 0. The van der Waals surface area contributed by atoms with Crippen LogP contribution in [0.1, 0.15) is 168 Å². The Balaban J connectivity index is 4.23. The Bertz CT molecular complexity index is 989. The lowest BCUT2D eigenvalue weighted by atomic mass is 10.1. The molecule has 0 saturated carbocycles. The highest BCUT2D eigenvalue weighted by Gasteiger charge is 2.26. The number of hydrogen-bond donors (Lipinski definition) is 1. The first-order valence-electron chi connectivity index (χ1n) is 21.4. The third-order valence-corrected chi connectivity index (χ3v) is 9.85. The Labute approximate surface area is 327 Å². The predicted molar refractivity (Wildman–Crippen MR) is 224 cm³/mol. The van der Waals surface area contributed by atoms with Gasteiger partial charge < -0.3 is 18.9 Å². The van der Waals surface area contributed by atoms with Crippen molar-refractivity contribution in [2.75, 3.05) is 54.1 Å². The third-order valence-electron chi connectivity index (χ3n) is 8.86. The van der Waals surface area contributed by atoms with Crippen molar-refractivity contribution in [3.8, 4) is 0 Å². The molecular formula is C44H83NO7P+. The summed E-state index contributed by atoms with van der Waals surface area (Å²) >= 11 is 0. The van der Waals surface area contributed by atoms with Gasteiger partial charge in [0, 0.05) is 13.0 Å². The number of carbonyl (C=O) groups is 1. The van der Waals surface area contributed by atoms with E-state index in [2.05, 4.69) is 62.5 Å². The molecule has 9 heteroatoms. The standard InChI is InChI=1S/C44H82NO7P/c1-6-8-10-12-14-16-18-19-20-21-22-23-24-25-26-28-30-32-34-36-39-49-41-43(42-51-53(47,48)50-40-38-45(3,4)5)52-44(46)37-35-33-31-29-27-17-15-13-11-9-7-2/h13-16,19-20,22-23,43H,6-12,17-18,21,24-42H2,1-5H3/p+1/b15-13-,16-14-,20-19-,23-22-. The molecule has 0 heterocycles. The van der Waals surface area contributed by atoms with Gasteiger partial charge >= 0.3 is 13.8 Å². The molecule has 0 rings (SSSR count). The van der Waals surface area contributed by atoms with E-state index >= 15 is 0 Å². The van der Waals surface area contributed by atoms with Crippen LogP contribution in [0.15, 0.2) is 48.6 Å². The molecule has 310 valence electrons. The molecule has 53 heavy (non-hydrogen) atoms. The number of ether oxygens (including phenoxy) is 2. The molecule has 2 unspecified atom stereocenters. The summed E-state index contributed by atoms with van der Waals surface area (Å²) in [6.07, 6.45) is 44.3. The smallest absolute Gasteiger partial charge is 0.457 e. The fourth-order valence-corrected chi connectivity index (χ4v) is 6.22. The van der Waals surface area contributed by atoms with Gasteiger partial charge in [0.1, 0.15) is 19.3 Å². The van der Waals surface area contributed by atoms with Gasteiger partial charge in [0.25, 0.3) is 0 Å². The first-order valence-corrected chi connectivity index (χ1v) is 22.9. The van der Waals surface area contributed by atoms with E-state index in [0.717, 1.165) is 64.2 Å². The van der Waals surface area contributed by atoms with Crippen molar-refractivity contribution in [1.82, 2.24) is 0 Å². The maximum absolute atomic E-state index is 12.6. The average Bonchev–Trinajstić information content (AvgIpc) is 3.11. The Hall–Kier alpha value is -1.54. The molecule has 0 amide bonds. The number of nitrogens with zero attached hydrogens (tertiary/aromatic N) is 1. The average molecular weight is 769 g/mol. The lowest BCUT2D eigenvalue weighted by molar-refractivity contribution is -0.870. The van der Waals surface area contributed by atoms with E-state index in [1.807, 2.05) is 21.1 Å². The van der Waals surface area contributed by atoms with Gasteiger partial charge in [-0.3, -0.25) is 13.8 Å². The van der Waals surface area contributed by atoms with Crippen LogP contribution in [0, 0.1) is 0 Å². The highest BCUT2D eigenvalue weighted by molar-refractivity contribution is 7.47. The molecule has 0 spiro atoms. The predicted octanol–water partition coefficient (Wildman–Crippen LogP) is 12.4. The summed E-state index contributed by atoms with van der Waals surface area (Å²) in [5.74, 6) is -0.330. The summed E-state index contributed by atoms with van der Waals surface area (Å²) in [6.45, 7) is 5.51. The maximum Gasteiger partial charge on any atom is 0.472 e. The minimum Gasteiger partial charge on any atom is -0.457 e. The van der Waals surface area contributed by atoms with Crippen molar-refractivity contribution in [3.05, 3.63) is 48.6 Å². The topological polar surface area (TPSA) is 91.3 Å². The Morgan fingerprint density at radius 3 is 1.62 bits per heavy atom. The van der Waals surface area contributed by atoms with Gasteiger partial charge in [-0.1, -0.05) is 140 Å². The summed E-state index contributed by atoms with van der Waals surface area (Å²) in [5, 5.41) is 0. The quantitative estimate of drug-likeness (QED) is 0.0219. The van der Waals surface area contributed by atoms with Gasteiger partial charge in [-0.15, -0.1) is 0 Å². The molecule has 0 aromatic carbocycles. The molecule has 2 atom stereocenters. The molecule has 0 bridgehead atoms. The van der Waals surface area contributed by atoms with Crippen molar-refractivity contribution < 1.29 is 37.3 Å². The first-order chi connectivity index (χ1) is 25.6. The normalized spacial score (nSPS) is 14.3. The van der Waals surface area contributed by atoms with Gasteiger partial charge in [0.05, 0.1) is 34.4 Å². The fourth-order valence-electron chi connectivity index (χ4n) is 5.48. The monoisotopic (exact) mass is 769 g/mol. The minimum atomic E-state index is -4.28. The van der Waals surface area contributed by atoms with Crippen molar-refractivity contribution in [2.24, 2.45) is 0 Å². The number of unbranched alkanes of at least 4 members (excludes halogenated alkanes) is 17. The van der Waals surface area contributed by atoms with Gasteiger partial charge in [0.2, 0.25) is 0 Å². The van der Waals surface area contributed by atoms with E-state index in [-0.39, 0.29) is 25.8 Å². The number of carbonyl (C=O) groups excluding carboxylic acids is 1. The molecule has 0 saturated heterocycles. The number of hydrogen-bond acceptors (Lipinski definition) is 6. The lowest BCUT2D eigenvalue weighted by Gasteiger charge is -2.24. The van der Waals surface area contributed by atoms with Gasteiger partial charge in [0.15, 0.2) is 0 Å². The van der Waals surface area contributed by atoms with Crippen LogP contribution in [-0.4, -0.2) is 75.6 Å². The van der Waals surface area contributed by atoms with Crippen molar-refractivity contribution >= 4 is 13.8 Å². The summed E-state index contributed by atoms with van der Waals surface area (Å²) < 4.78 is 34.9. The number of allylic oxidation sites excluding steroid dienone is 8. The zero-order chi connectivity index (χ0) is 39.1. The summed E-state index contributed by atoms with van der Waals surface area (Å²) in [7, 11) is 1.65. The summed E-state index contributed by atoms with van der Waals surface area (Å²) in [5.41, 5.74) is 0. The van der Waals surface area contributed by atoms with Crippen LogP contribution in [0.2, 0.25) is 0 Å². The Kier molecular flexibility index (Phi) is 36.3. The zero-order valence-corrected chi connectivity index (χ0v) is 35.9. The molecule has 0 aliphatic rings. The lowest BCUT2D eigenvalue weighted by Crippen LogP contribution is -2.37. The number of likely N-dealkylation sites (N-methyl/N-ethyl adjacent to an activating group) is 1. The summed E-state index contributed by atoms with van der Waals surface area (Å²) in [4.78, 5) is 22.8. The Morgan fingerprint density at radius 2 is 1.06 bits per heavy atom. The van der Waals surface area contributed by atoms with Crippen LogP contribution in [0.5, 0.6) is 0 Å². The van der Waals surface area contributed by atoms with Crippen molar-refractivity contribution in [1.29, 1.82) is 0 Å². The molecule has 0 aliphatic heterocycles. The SMILES string of the molecule is CCCC/C=C\CCCCCCCC(=O)OC(COCCCCCCCCC/C=C\C/C=C\C/C=C\CCCCC)COP(=O)(O)OCC[N+](C)(C)C. The molecule has 0 aliphatic carbocycles. The minimum absolute atomic E-state index is 0.0833. The van der Waals surface area contributed by atoms with E-state index < -0.39 is 13.9 Å². The van der Waals surface area contributed by atoms with Crippen molar-refractivity contribution in [3.63, 3.8) is 0 Å². The molecule has 0 radical (unpaired) electrons. The molecular weight excluding hydrogens is 685 g/mol. The first kappa shape index (κ1) is 51.5. The second kappa shape index (κ2) is 37.4. The van der Waals surface area contributed by atoms with Crippen LogP contribution in [0.3, 0.4) is 0 Å². The number of phosphoric ester groups is 1. The van der Waals surface area contributed by atoms with E-state index in [1.54, 1.807) is 0 Å². The second-order valence-corrected chi connectivity index (χ2v) is 16.8. The number of phosphoric acid groups is 1. The second-order valence-electron chi connectivity index (χ2n) is 15.4. The van der Waals surface area contributed by atoms with Gasteiger partial charge in [-0.2, -0.15) is 0 Å². The van der Waals surface area contributed by atoms with Gasteiger partial charge in [-0.25, -0.2) is 4.57 Å². The highest BCUT2D eigenvalue weighted by atomic mass is 31.2. The number of esters is 1. The van der Waals surface area contributed by atoms with E-state index in [0.29, 0.717) is 24.1 Å². The highest BCUT2D eigenvalue weighted by Crippen LogP contribution is 2.43. The van der Waals surface area contributed by atoms with Gasteiger partial charge in [-0.05, 0) is 70.6 Å². The number of rotatable bonds is 39. The van der Waals surface area contributed by atoms with Crippen LogP contribution in [0.25, 0.3) is 0 Å². The van der Waals surface area contributed by atoms with E-state index in [9.17, 15) is 14.3 Å². The van der Waals surface area contributed by atoms with E-state index in [4.69, 9.17) is 18.5 Å². The molecule has 0 fully saturated rings. The Morgan fingerprint density at radius 1 is 0.585 bits per heavy atom. The largest absolute Gasteiger partial charge is 0.472 e. The van der Waals surface area contributed by atoms with Crippen molar-refractivity contribution in [2.45, 2.75) is 174 Å². The fraction of sp³-hybridized carbons (Fsp3) is 0.795. The van der Waals surface area contributed by atoms with E-state index in [1.165, 1.54) is 83.5 Å². The van der Waals surface area contributed by atoms with Crippen LogP contribution >= 0.6 is 7.82 Å². The molecule has 8 nitrogen and oxygen atoms in total. The third kappa shape index (κ3) is 41.5. The molecule has 0 aromatic heterocycles. The molecule has 1 N–H and O–H groups in total. The maximum atomic E-state index is 12.6. The molecule has 0 aromatic rings. The number of quaternary nitrogens is 1. The van der Waals surface area contributed by atoms with Crippen LogP contribution < -0.4 is 0 Å². The van der Waals surface area contributed by atoms with Crippen LogP contribution in [-0.2, 0) is 27.9 Å².